The molecule has 0 saturated carbocycles. The predicted molar refractivity (Wildman–Crippen MR) is 89.9 cm³/mol. The summed E-state index contributed by atoms with van der Waals surface area (Å²) in [4.78, 5) is 16.8. The Labute approximate surface area is 132 Å². The molecule has 1 N–H and O–H groups in total. The van der Waals surface area contributed by atoms with Gasteiger partial charge in [-0.2, -0.15) is 11.8 Å². The summed E-state index contributed by atoms with van der Waals surface area (Å²) in [7, 11) is 1.64. The third-order valence-corrected chi connectivity index (χ3v) is 4.11. The van der Waals surface area contributed by atoms with Gasteiger partial charge in [-0.15, -0.1) is 0 Å². The largest absolute Gasteiger partial charge is 0.497 e. The van der Waals surface area contributed by atoms with Gasteiger partial charge in [0.25, 0.3) is 5.56 Å². The van der Waals surface area contributed by atoms with Crippen LogP contribution in [0.2, 0.25) is 0 Å². The van der Waals surface area contributed by atoms with E-state index >= 15 is 0 Å². The Morgan fingerprint density at radius 3 is 3.00 bits per heavy atom. The van der Waals surface area contributed by atoms with Gasteiger partial charge in [0, 0.05) is 23.5 Å². The quantitative estimate of drug-likeness (QED) is 0.786. The summed E-state index contributed by atoms with van der Waals surface area (Å²) in [5.74, 6) is 1.72. The molecule has 0 aliphatic rings. The number of ether oxygens (including phenoxy) is 1. The molecule has 5 nitrogen and oxygen atoms in total. The number of H-pyrrole nitrogens is 1. The molecule has 1 aromatic carbocycles. The van der Waals surface area contributed by atoms with E-state index in [0.29, 0.717) is 5.65 Å². The van der Waals surface area contributed by atoms with Crippen molar-refractivity contribution in [2.45, 2.75) is 6.42 Å². The molecule has 2 aromatic heterocycles. The number of thioether (sulfide) groups is 1. The van der Waals surface area contributed by atoms with E-state index in [-0.39, 0.29) is 5.56 Å². The van der Waals surface area contributed by atoms with Crippen molar-refractivity contribution in [2.75, 3.05) is 19.1 Å². The van der Waals surface area contributed by atoms with Gasteiger partial charge in [-0.3, -0.25) is 9.89 Å². The van der Waals surface area contributed by atoms with Gasteiger partial charge in [-0.25, -0.2) is 9.50 Å². The first-order chi connectivity index (χ1) is 10.7. The second-order valence-corrected chi connectivity index (χ2v) is 5.89. The van der Waals surface area contributed by atoms with Gasteiger partial charge in [-0.1, -0.05) is 12.1 Å². The van der Waals surface area contributed by atoms with Crippen molar-refractivity contribution in [1.82, 2.24) is 14.6 Å². The Balaban J connectivity index is 2.13. The Kier molecular flexibility index (Phi) is 4.20. The molecule has 0 amide bonds. The SMILES string of the molecule is COc1cccc(-c2c[nH]n3c(=O)cc(CCSC)nc23)c1. The number of fused-ring (bicyclic) bond motifs is 1. The normalized spacial score (nSPS) is 11.0. The van der Waals surface area contributed by atoms with E-state index in [9.17, 15) is 4.79 Å². The Morgan fingerprint density at radius 1 is 1.36 bits per heavy atom. The van der Waals surface area contributed by atoms with E-state index in [0.717, 1.165) is 34.7 Å². The highest BCUT2D eigenvalue weighted by atomic mass is 32.2. The highest BCUT2D eigenvalue weighted by Crippen LogP contribution is 2.26. The lowest BCUT2D eigenvalue weighted by atomic mass is 10.1. The van der Waals surface area contributed by atoms with E-state index in [1.807, 2.05) is 30.5 Å². The first kappa shape index (κ1) is 14.7. The molecule has 0 aliphatic heterocycles. The van der Waals surface area contributed by atoms with Crippen LogP contribution < -0.4 is 10.3 Å². The van der Waals surface area contributed by atoms with Gasteiger partial charge < -0.3 is 4.74 Å². The molecule has 0 saturated heterocycles. The summed E-state index contributed by atoms with van der Waals surface area (Å²) in [6, 6.07) is 9.32. The van der Waals surface area contributed by atoms with Crippen molar-refractivity contribution in [3.8, 4) is 16.9 Å². The van der Waals surface area contributed by atoms with Gasteiger partial charge >= 0.3 is 0 Å². The maximum Gasteiger partial charge on any atom is 0.272 e. The fraction of sp³-hybridized carbons (Fsp3) is 0.250. The summed E-state index contributed by atoms with van der Waals surface area (Å²) in [6.07, 6.45) is 4.63. The number of nitrogens with one attached hydrogen (secondary N) is 1. The zero-order valence-corrected chi connectivity index (χ0v) is 13.3. The fourth-order valence-corrected chi connectivity index (χ4v) is 2.78. The van der Waals surface area contributed by atoms with Crippen LogP contribution in [0, 0.1) is 0 Å². The molecule has 0 fully saturated rings. The van der Waals surface area contributed by atoms with Crippen molar-refractivity contribution in [2.24, 2.45) is 0 Å². The number of hydrogen-bond donors (Lipinski definition) is 1. The van der Waals surface area contributed by atoms with Gasteiger partial charge in [0.1, 0.15) is 5.75 Å². The monoisotopic (exact) mass is 315 g/mol. The van der Waals surface area contributed by atoms with Crippen LogP contribution in [0.4, 0.5) is 0 Å². The van der Waals surface area contributed by atoms with E-state index < -0.39 is 0 Å². The van der Waals surface area contributed by atoms with Crippen molar-refractivity contribution in [3.05, 3.63) is 52.6 Å². The molecule has 0 unspecified atom stereocenters. The van der Waals surface area contributed by atoms with Gasteiger partial charge in [0.15, 0.2) is 5.65 Å². The molecule has 114 valence electrons. The van der Waals surface area contributed by atoms with Crippen LogP contribution in [-0.2, 0) is 6.42 Å². The molecule has 3 rings (SSSR count). The average molecular weight is 315 g/mol. The predicted octanol–water partition coefficient (Wildman–Crippen LogP) is 2.60. The maximum absolute atomic E-state index is 12.2. The zero-order chi connectivity index (χ0) is 15.5. The lowest BCUT2D eigenvalue weighted by Crippen LogP contribution is -2.15. The number of aryl methyl sites for hydroxylation is 1. The van der Waals surface area contributed by atoms with Gasteiger partial charge in [0.05, 0.1) is 7.11 Å². The van der Waals surface area contributed by atoms with Crippen LogP contribution in [-0.4, -0.2) is 33.7 Å². The minimum Gasteiger partial charge on any atom is -0.497 e. The number of hydrogen-bond acceptors (Lipinski definition) is 4. The van der Waals surface area contributed by atoms with E-state index in [1.165, 1.54) is 4.52 Å². The average Bonchev–Trinajstić information content (AvgIpc) is 2.97. The molecule has 2 heterocycles. The van der Waals surface area contributed by atoms with Crippen molar-refractivity contribution in [1.29, 1.82) is 0 Å². The van der Waals surface area contributed by atoms with Crippen LogP contribution in [0.3, 0.4) is 0 Å². The molecule has 22 heavy (non-hydrogen) atoms. The smallest absolute Gasteiger partial charge is 0.272 e. The van der Waals surface area contributed by atoms with E-state index in [1.54, 1.807) is 31.1 Å². The Hall–Kier alpha value is -2.21. The van der Waals surface area contributed by atoms with Crippen molar-refractivity contribution >= 4 is 17.4 Å². The van der Waals surface area contributed by atoms with Crippen LogP contribution in [0.25, 0.3) is 16.8 Å². The zero-order valence-electron chi connectivity index (χ0n) is 12.5. The van der Waals surface area contributed by atoms with Gasteiger partial charge in [-0.05, 0) is 36.1 Å². The topological polar surface area (TPSA) is 59.4 Å². The molecule has 0 atom stereocenters. The Bertz CT molecular complexity index is 854. The number of methoxy groups -OCH3 is 1. The molecule has 0 bridgehead atoms. The second kappa shape index (κ2) is 6.27. The highest BCUT2D eigenvalue weighted by Gasteiger charge is 2.11. The summed E-state index contributed by atoms with van der Waals surface area (Å²) >= 11 is 1.74. The van der Waals surface area contributed by atoms with Crippen LogP contribution in [0.15, 0.2) is 41.3 Å². The second-order valence-electron chi connectivity index (χ2n) is 4.91. The van der Waals surface area contributed by atoms with E-state index in [4.69, 9.17) is 4.74 Å². The molecule has 0 radical (unpaired) electrons. The van der Waals surface area contributed by atoms with Crippen LogP contribution in [0.5, 0.6) is 5.75 Å². The van der Waals surface area contributed by atoms with Crippen molar-refractivity contribution < 1.29 is 4.74 Å². The van der Waals surface area contributed by atoms with Crippen molar-refractivity contribution in [3.63, 3.8) is 0 Å². The van der Waals surface area contributed by atoms with Crippen LogP contribution in [0.1, 0.15) is 5.69 Å². The number of benzene rings is 1. The summed E-state index contributed by atoms with van der Waals surface area (Å²) < 4.78 is 6.73. The number of rotatable bonds is 5. The molecule has 6 heteroatoms. The molecule has 3 aromatic rings. The molecule has 0 spiro atoms. The van der Waals surface area contributed by atoms with Gasteiger partial charge in [0.2, 0.25) is 0 Å². The number of aromatic amines is 1. The highest BCUT2D eigenvalue weighted by molar-refractivity contribution is 7.98. The number of aromatic nitrogens is 3. The third kappa shape index (κ3) is 2.74. The van der Waals surface area contributed by atoms with E-state index in [2.05, 4.69) is 10.1 Å². The third-order valence-electron chi connectivity index (χ3n) is 3.49. The molecular weight excluding hydrogens is 298 g/mol. The lowest BCUT2D eigenvalue weighted by Gasteiger charge is -2.04. The summed E-state index contributed by atoms with van der Waals surface area (Å²) in [5, 5.41) is 2.97. The minimum atomic E-state index is -0.0877. The lowest BCUT2D eigenvalue weighted by molar-refractivity contribution is 0.415. The first-order valence-electron chi connectivity index (χ1n) is 6.96. The first-order valence-corrected chi connectivity index (χ1v) is 8.35. The standard InChI is InChI=1S/C16H17N3O2S/c1-21-13-5-3-4-11(8-13)14-10-17-19-15(20)9-12(6-7-22-2)18-16(14)19/h3-5,8-10,17H,6-7H2,1-2H3. The fourth-order valence-electron chi connectivity index (χ4n) is 2.37. The minimum absolute atomic E-state index is 0.0877. The summed E-state index contributed by atoms with van der Waals surface area (Å²) in [5.41, 5.74) is 3.24. The van der Waals surface area contributed by atoms with Crippen LogP contribution >= 0.6 is 11.8 Å². The Morgan fingerprint density at radius 2 is 2.23 bits per heavy atom. The summed E-state index contributed by atoms with van der Waals surface area (Å²) in [6.45, 7) is 0. The molecule has 0 aliphatic carbocycles. The number of nitrogens with zero attached hydrogens (tertiary/aromatic N) is 2. The molecular formula is C16H17N3O2S. The maximum atomic E-state index is 12.2.